The third kappa shape index (κ3) is 5.51. The fourth-order valence-electron chi connectivity index (χ4n) is 3.96. The number of carbonyl (C=O) groups excluding carboxylic acids is 2. The van der Waals surface area contributed by atoms with E-state index in [-0.39, 0.29) is 11.8 Å². The number of rotatable bonds is 6. The van der Waals surface area contributed by atoms with Crippen molar-refractivity contribution < 1.29 is 9.59 Å². The van der Waals surface area contributed by atoms with Gasteiger partial charge in [-0.2, -0.15) is 0 Å². The van der Waals surface area contributed by atoms with Gasteiger partial charge >= 0.3 is 0 Å². The van der Waals surface area contributed by atoms with Gasteiger partial charge in [-0.3, -0.25) is 9.59 Å². The third-order valence-corrected chi connectivity index (χ3v) is 5.47. The van der Waals surface area contributed by atoms with Crippen molar-refractivity contribution in [3.8, 4) is 0 Å². The number of pyridine rings is 1. The summed E-state index contributed by atoms with van der Waals surface area (Å²) in [6, 6.07) is 4.17. The summed E-state index contributed by atoms with van der Waals surface area (Å²) in [6.07, 6.45) is 6.22. The lowest BCUT2D eigenvalue weighted by atomic mass is 9.89. The molecule has 3 heterocycles. The predicted molar refractivity (Wildman–Crippen MR) is 107 cm³/mol. The Bertz CT molecular complexity index is 638. The Morgan fingerprint density at radius 1 is 1.26 bits per heavy atom. The summed E-state index contributed by atoms with van der Waals surface area (Å²) < 4.78 is 0. The van der Waals surface area contributed by atoms with E-state index in [4.69, 9.17) is 0 Å². The first-order valence-corrected chi connectivity index (χ1v) is 10.3. The van der Waals surface area contributed by atoms with Gasteiger partial charge in [0.2, 0.25) is 0 Å². The van der Waals surface area contributed by atoms with Crippen LogP contribution in [0.2, 0.25) is 0 Å². The molecule has 148 valence electrons. The lowest BCUT2D eigenvalue weighted by molar-refractivity contribution is -0.124. The zero-order chi connectivity index (χ0) is 19.2. The quantitative estimate of drug-likeness (QED) is 0.803. The van der Waals surface area contributed by atoms with Crippen molar-refractivity contribution >= 4 is 17.5 Å². The highest BCUT2D eigenvalue weighted by molar-refractivity contribution is 5.94. The van der Waals surface area contributed by atoms with Crippen molar-refractivity contribution in [2.75, 3.05) is 31.5 Å². The first kappa shape index (κ1) is 19.8. The average molecular weight is 373 g/mol. The van der Waals surface area contributed by atoms with Gasteiger partial charge in [-0.05, 0) is 56.8 Å². The molecule has 0 bridgehead atoms. The number of ketones is 1. The van der Waals surface area contributed by atoms with E-state index in [1.165, 1.54) is 0 Å². The fourth-order valence-corrected chi connectivity index (χ4v) is 3.96. The second kappa shape index (κ2) is 9.31. The third-order valence-electron chi connectivity index (χ3n) is 5.47. The molecule has 2 N–H and O–H groups in total. The van der Waals surface area contributed by atoms with Crippen LogP contribution in [0.5, 0.6) is 0 Å². The smallest absolute Gasteiger partial charge is 0.255 e. The zero-order valence-electron chi connectivity index (χ0n) is 16.5. The molecular formula is C21H32N4O2. The van der Waals surface area contributed by atoms with E-state index in [0.29, 0.717) is 36.3 Å². The van der Waals surface area contributed by atoms with Crippen molar-refractivity contribution in [2.24, 2.45) is 11.8 Å². The van der Waals surface area contributed by atoms with Crippen LogP contribution in [-0.2, 0) is 4.79 Å². The molecule has 0 aromatic carbocycles. The molecule has 2 aliphatic rings. The number of hydrogen-bond donors (Lipinski definition) is 2. The molecule has 0 saturated carbocycles. The Hall–Kier alpha value is -1.95. The molecule has 2 saturated heterocycles. The van der Waals surface area contributed by atoms with Gasteiger partial charge in [0.15, 0.2) is 0 Å². The maximum absolute atomic E-state index is 12.8. The molecule has 2 fully saturated rings. The van der Waals surface area contributed by atoms with Gasteiger partial charge in [0.25, 0.3) is 5.91 Å². The van der Waals surface area contributed by atoms with E-state index in [2.05, 4.69) is 29.5 Å². The van der Waals surface area contributed by atoms with E-state index in [1.807, 2.05) is 17.0 Å². The van der Waals surface area contributed by atoms with Crippen LogP contribution in [-0.4, -0.2) is 53.8 Å². The Kier molecular flexibility index (Phi) is 6.83. The summed E-state index contributed by atoms with van der Waals surface area (Å²) in [4.78, 5) is 31.5. The number of likely N-dealkylation sites (tertiary alicyclic amines) is 1. The summed E-state index contributed by atoms with van der Waals surface area (Å²) in [5.41, 5.74) is 0.600. The SMILES string of the molecule is CC(C)CC(=O)[C@H]1CCCN(C(=O)c2ccc(NC3CCNCC3)nc2)C1. The van der Waals surface area contributed by atoms with E-state index in [0.717, 1.165) is 51.1 Å². The summed E-state index contributed by atoms with van der Waals surface area (Å²) >= 11 is 0. The van der Waals surface area contributed by atoms with Crippen molar-refractivity contribution in [3.05, 3.63) is 23.9 Å². The molecule has 0 radical (unpaired) electrons. The maximum atomic E-state index is 12.8. The number of aromatic nitrogens is 1. The van der Waals surface area contributed by atoms with Crippen molar-refractivity contribution in [3.63, 3.8) is 0 Å². The van der Waals surface area contributed by atoms with Crippen LogP contribution in [0.3, 0.4) is 0 Å². The molecule has 1 aromatic heterocycles. The number of Topliss-reactive ketones (excluding diaryl/α,β-unsaturated/α-hetero) is 1. The number of piperidine rings is 2. The fraction of sp³-hybridized carbons (Fsp3) is 0.667. The van der Waals surface area contributed by atoms with Gasteiger partial charge in [0.05, 0.1) is 5.56 Å². The maximum Gasteiger partial charge on any atom is 0.255 e. The number of anilines is 1. The van der Waals surface area contributed by atoms with Crippen LogP contribution in [0.4, 0.5) is 5.82 Å². The Morgan fingerprint density at radius 3 is 2.70 bits per heavy atom. The molecule has 1 aromatic rings. The van der Waals surface area contributed by atoms with Crippen LogP contribution < -0.4 is 10.6 Å². The largest absolute Gasteiger partial charge is 0.367 e. The zero-order valence-corrected chi connectivity index (χ0v) is 16.5. The van der Waals surface area contributed by atoms with Gasteiger partial charge in [-0.25, -0.2) is 4.98 Å². The molecular weight excluding hydrogens is 340 g/mol. The Balaban J connectivity index is 1.57. The normalized spacial score (nSPS) is 21.3. The molecule has 27 heavy (non-hydrogen) atoms. The van der Waals surface area contributed by atoms with Gasteiger partial charge in [0.1, 0.15) is 11.6 Å². The minimum absolute atomic E-state index is 0.0149. The predicted octanol–water partition coefficient (Wildman–Crippen LogP) is 2.71. The molecule has 1 amide bonds. The molecule has 6 nitrogen and oxygen atoms in total. The van der Waals surface area contributed by atoms with Crippen LogP contribution in [0.25, 0.3) is 0 Å². The second-order valence-electron chi connectivity index (χ2n) is 8.26. The van der Waals surface area contributed by atoms with E-state index in [9.17, 15) is 9.59 Å². The number of carbonyl (C=O) groups is 2. The summed E-state index contributed by atoms with van der Waals surface area (Å²) in [5, 5.41) is 6.79. The van der Waals surface area contributed by atoms with Gasteiger partial charge in [0, 0.05) is 37.7 Å². The van der Waals surface area contributed by atoms with E-state index < -0.39 is 0 Å². The van der Waals surface area contributed by atoms with Gasteiger partial charge < -0.3 is 15.5 Å². The van der Waals surface area contributed by atoms with Gasteiger partial charge in [-0.1, -0.05) is 13.8 Å². The lowest BCUT2D eigenvalue weighted by Crippen LogP contribution is -2.42. The van der Waals surface area contributed by atoms with Crippen molar-refractivity contribution in [1.29, 1.82) is 0 Å². The molecule has 2 aliphatic heterocycles. The van der Waals surface area contributed by atoms with Crippen molar-refractivity contribution in [1.82, 2.24) is 15.2 Å². The highest BCUT2D eigenvalue weighted by Gasteiger charge is 2.29. The van der Waals surface area contributed by atoms with Crippen LogP contribution in [0, 0.1) is 11.8 Å². The van der Waals surface area contributed by atoms with E-state index >= 15 is 0 Å². The Labute approximate surface area is 162 Å². The number of amides is 1. The molecule has 1 atom stereocenters. The average Bonchev–Trinajstić information content (AvgIpc) is 2.68. The van der Waals surface area contributed by atoms with Crippen LogP contribution in [0.15, 0.2) is 18.3 Å². The minimum atomic E-state index is -0.0158. The molecule has 0 aliphatic carbocycles. The van der Waals surface area contributed by atoms with Gasteiger partial charge in [-0.15, -0.1) is 0 Å². The summed E-state index contributed by atoms with van der Waals surface area (Å²) in [6.45, 7) is 7.45. The summed E-state index contributed by atoms with van der Waals surface area (Å²) in [7, 11) is 0. The van der Waals surface area contributed by atoms with Crippen molar-refractivity contribution in [2.45, 2.75) is 52.0 Å². The summed E-state index contributed by atoms with van der Waals surface area (Å²) in [5.74, 6) is 1.45. The molecule has 3 rings (SSSR count). The van der Waals surface area contributed by atoms with Crippen LogP contribution in [0.1, 0.15) is 56.3 Å². The second-order valence-corrected chi connectivity index (χ2v) is 8.26. The topological polar surface area (TPSA) is 74.3 Å². The Morgan fingerprint density at radius 2 is 2.04 bits per heavy atom. The highest BCUT2D eigenvalue weighted by Crippen LogP contribution is 2.22. The highest BCUT2D eigenvalue weighted by atomic mass is 16.2. The standard InChI is InChI=1S/C21H32N4O2/c1-15(2)12-19(26)17-4-3-11-25(14-17)21(27)16-5-6-20(23-13-16)24-18-7-9-22-10-8-18/h5-6,13,15,17-18,22H,3-4,7-12,14H2,1-2H3,(H,23,24)/t17-/m0/s1. The molecule has 6 heteroatoms. The lowest BCUT2D eigenvalue weighted by Gasteiger charge is -2.32. The number of nitrogens with one attached hydrogen (secondary N) is 2. The molecule has 0 spiro atoms. The first-order valence-electron chi connectivity index (χ1n) is 10.3. The van der Waals surface area contributed by atoms with E-state index in [1.54, 1.807) is 6.20 Å². The minimum Gasteiger partial charge on any atom is -0.367 e. The number of nitrogens with zero attached hydrogens (tertiary/aromatic N) is 2. The monoisotopic (exact) mass is 372 g/mol. The molecule has 0 unspecified atom stereocenters. The van der Waals surface area contributed by atoms with Crippen LogP contribution >= 0.6 is 0 Å². The first-order chi connectivity index (χ1) is 13.0. The number of hydrogen-bond acceptors (Lipinski definition) is 5.